The van der Waals surface area contributed by atoms with E-state index in [9.17, 15) is 14.4 Å². The van der Waals surface area contributed by atoms with Crippen LogP contribution in [0.5, 0.6) is 17.2 Å². The molecule has 182 valence electrons. The molecule has 0 unspecified atom stereocenters. The van der Waals surface area contributed by atoms with Crippen molar-refractivity contribution in [3.63, 3.8) is 0 Å². The van der Waals surface area contributed by atoms with E-state index in [1.807, 2.05) is 0 Å². The van der Waals surface area contributed by atoms with Crippen molar-refractivity contribution in [3.05, 3.63) is 53.1 Å². The highest BCUT2D eigenvalue weighted by Gasteiger charge is 2.29. The summed E-state index contributed by atoms with van der Waals surface area (Å²) in [6.45, 7) is 1.66. The number of Topliss-reactive ketones (excluding diaryl/α,β-unsaturated/α-hetero) is 1. The second kappa shape index (κ2) is 11.3. The molecule has 6 N–H and O–H groups in total. The Bertz CT molecular complexity index is 1110. The normalized spacial score (nSPS) is 11.5. The largest absolute Gasteiger partial charge is 0.497 e. The molecule has 10 heteroatoms. The van der Waals surface area contributed by atoms with E-state index in [1.165, 1.54) is 21.3 Å². The molecule has 0 bridgehead atoms. The summed E-state index contributed by atoms with van der Waals surface area (Å²) in [6, 6.07) is 9.95. The standard InChI is InChI=1S/C24H29N3O7/c1-14(22(29)17-13-16(32-2)6-8-19(17)33-3)11-15-5-7-20(34-4)18(12-15)27-21(28)9-10-24(25,26)23(30)31/h5-8,11-13H,9-10,25-26H2,1-4H3,(H,27,28)(H,30,31). The minimum absolute atomic E-state index is 0.213. The van der Waals surface area contributed by atoms with Crippen LogP contribution in [0.4, 0.5) is 5.69 Å². The van der Waals surface area contributed by atoms with Gasteiger partial charge in [0.25, 0.3) is 0 Å². The quantitative estimate of drug-likeness (QED) is 0.219. The molecule has 1 amide bonds. The van der Waals surface area contributed by atoms with Gasteiger partial charge in [0, 0.05) is 6.42 Å². The van der Waals surface area contributed by atoms with Gasteiger partial charge in [-0.05, 0) is 60.9 Å². The Hall–Kier alpha value is -3.89. The lowest BCUT2D eigenvalue weighted by Gasteiger charge is -2.18. The van der Waals surface area contributed by atoms with E-state index >= 15 is 0 Å². The molecular formula is C24H29N3O7. The molecule has 0 aromatic heterocycles. The van der Waals surface area contributed by atoms with E-state index in [0.717, 1.165) is 0 Å². The number of hydrogen-bond acceptors (Lipinski definition) is 8. The van der Waals surface area contributed by atoms with Crippen LogP contribution in [0.3, 0.4) is 0 Å². The topological polar surface area (TPSA) is 163 Å². The number of hydrogen-bond donors (Lipinski definition) is 4. The van der Waals surface area contributed by atoms with Gasteiger partial charge in [0.1, 0.15) is 17.2 Å². The highest BCUT2D eigenvalue weighted by Crippen LogP contribution is 2.29. The second-order valence-electron chi connectivity index (χ2n) is 7.58. The van der Waals surface area contributed by atoms with Gasteiger partial charge in [0.2, 0.25) is 5.91 Å². The van der Waals surface area contributed by atoms with Crippen molar-refractivity contribution in [3.8, 4) is 17.2 Å². The monoisotopic (exact) mass is 471 g/mol. The number of carboxylic acids is 1. The summed E-state index contributed by atoms with van der Waals surface area (Å²) < 4.78 is 15.8. The molecule has 0 fully saturated rings. The van der Waals surface area contributed by atoms with Crippen LogP contribution in [-0.4, -0.2) is 49.8 Å². The van der Waals surface area contributed by atoms with Crippen molar-refractivity contribution in [2.24, 2.45) is 11.5 Å². The molecule has 0 radical (unpaired) electrons. The lowest BCUT2D eigenvalue weighted by atomic mass is 10.0. The Balaban J connectivity index is 2.27. The van der Waals surface area contributed by atoms with Crippen LogP contribution in [-0.2, 0) is 9.59 Å². The molecule has 0 atom stereocenters. The third kappa shape index (κ3) is 6.56. The number of ether oxygens (including phenoxy) is 3. The Kier molecular flexibility index (Phi) is 8.76. The van der Waals surface area contributed by atoms with E-state index in [4.69, 9.17) is 30.8 Å². The number of allylic oxidation sites excluding steroid dienone is 1. The Morgan fingerprint density at radius 3 is 2.24 bits per heavy atom. The number of amides is 1. The molecule has 0 aliphatic rings. The first-order chi connectivity index (χ1) is 16.0. The summed E-state index contributed by atoms with van der Waals surface area (Å²) in [4.78, 5) is 36.4. The molecule has 0 saturated heterocycles. The van der Waals surface area contributed by atoms with E-state index < -0.39 is 17.5 Å². The molecule has 2 aromatic carbocycles. The van der Waals surface area contributed by atoms with E-state index in [2.05, 4.69) is 5.32 Å². The molecule has 10 nitrogen and oxygen atoms in total. The predicted octanol–water partition coefficient (Wildman–Crippen LogP) is 2.42. The van der Waals surface area contributed by atoms with Gasteiger partial charge >= 0.3 is 5.97 Å². The summed E-state index contributed by atoms with van der Waals surface area (Å²) in [7, 11) is 4.43. The number of carboxylic acid groups (broad SMARTS) is 1. The van der Waals surface area contributed by atoms with Crippen LogP contribution in [0, 0.1) is 0 Å². The Morgan fingerprint density at radius 2 is 1.65 bits per heavy atom. The lowest BCUT2D eigenvalue weighted by molar-refractivity contribution is -0.143. The van der Waals surface area contributed by atoms with Crippen LogP contribution in [0.25, 0.3) is 6.08 Å². The first-order valence-corrected chi connectivity index (χ1v) is 10.3. The minimum Gasteiger partial charge on any atom is -0.497 e. The minimum atomic E-state index is -2.01. The highest BCUT2D eigenvalue weighted by molar-refractivity contribution is 6.12. The molecule has 0 heterocycles. The second-order valence-corrected chi connectivity index (χ2v) is 7.58. The van der Waals surface area contributed by atoms with Gasteiger partial charge in [-0.25, -0.2) is 4.79 Å². The van der Waals surface area contributed by atoms with Gasteiger partial charge < -0.3 is 36.1 Å². The zero-order chi connectivity index (χ0) is 25.5. The van der Waals surface area contributed by atoms with Crippen LogP contribution < -0.4 is 31.0 Å². The SMILES string of the molecule is COc1ccc(OC)c(C(=O)C(C)=Cc2ccc(OC)c(NC(=O)CCC(N)(N)C(=O)O)c2)c1. The van der Waals surface area contributed by atoms with Gasteiger partial charge in [-0.2, -0.15) is 0 Å². The van der Waals surface area contributed by atoms with Gasteiger partial charge in [-0.1, -0.05) is 6.07 Å². The number of ketones is 1. The molecule has 2 aromatic rings. The average molecular weight is 472 g/mol. The molecule has 0 aliphatic heterocycles. The fourth-order valence-electron chi connectivity index (χ4n) is 3.07. The molecule has 34 heavy (non-hydrogen) atoms. The first-order valence-electron chi connectivity index (χ1n) is 10.3. The van der Waals surface area contributed by atoms with Crippen molar-refractivity contribution in [2.45, 2.75) is 25.4 Å². The summed E-state index contributed by atoms with van der Waals surface area (Å²) in [5.74, 6) is -0.832. The number of aliphatic carboxylic acids is 1. The van der Waals surface area contributed by atoms with Crippen molar-refractivity contribution in [2.75, 3.05) is 26.6 Å². The lowest BCUT2D eigenvalue weighted by Crippen LogP contribution is -2.56. The third-order valence-electron chi connectivity index (χ3n) is 5.05. The van der Waals surface area contributed by atoms with Crippen molar-refractivity contribution < 1.29 is 33.7 Å². The maximum absolute atomic E-state index is 13.0. The first kappa shape index (κ1) is 26.4. The number of benzene rings is 2. The number of nitrogens with two attached hydrogens (primary N) is 2. The van der Waals surface area contributed by atoms with E-state index in [0.29, 0.717) is 39.6 Å². The van der Waals surface area contributed by atoms with Crippen molar-refractivity contribution in [1.29, 1.82) is 0 Å². The molecule has 0 saturated carbocycles. The summed E-state index contributed by atoms with van der Waals surface area (Å²) in [5.41, 5.74) is 10.7. The number of anilines is 1. The molecule has 0 aliphatic carbocycles. The van der Waals surface area contributed by atoms with Crippen molar-refractivity contribution in [1.82, 2.24) is 0 Å². The maximum atomic E-state index is 13.0. The number of carbonyl (C=O) groups is 3. The summed E-state index contributed by atoms with van der Waals surface area (Å²) >= 11 is 0. The van der Waals surface area contributed by atoms with Crippen molar-refractivity contribution >= 4 is 29.4 Å². The number of carbonyl (C=O) groups excluding carboxylic acids is 2. The highest BCUT2D eigenvalue weighted by atomic mass is 16.5. The third-order valence-corrected chi connectivity index (χ3v) is 5.05. The van der Waals surface area contributed by atoms with Gasteiger partial charge in [0.15, 0.2) is 11.4 Å². The van der Waals surface area contributed by atoms with Crippen LogP contribution in [0.2, 0.25) is 0 Å². The van der Waals surface area contributed by atoms with Gasteiger partial charge in [-0.3, -0.25) is 9.59 Å². The number of methoxy groups -OCH3 is 3. The summed E-state index contributed by atoms with van der Waals surface area (Å²) in [6.07, 6.45) is 1.19. The van der Waals surface area contributed by atoms with E-state index in [-0.39, 0.29) is 18.6 Å². The zero-order valence-corrected chi connectivity index (χ0v) is 19.5. The number of rotatable bonds is 11. The zero-order valence-electron chi connectivity index (χ0n) is 19.5. The van der Waals surface area contributed by atoms with Crippen LogP contribution >= 0.6 is 0 Å². The molecular weight excluding hydrogens is 442 g/mol. The average Bonchev–Trinajstić information content (AvgIpc) is 2.82. The maximum Gasteiger partial charge on any atom is 0.338 e. The van der Waals surface area contributed by atoms with Gasteiger partial charge in [-0.15, -0.1) is 0 Å². The fourth-order valence-corrected chi connectivity index (χ4v) is 3.07. The molecule has 0 spiro atoms. The van der Waals surface area contributed by atoms with E-state index in [1.54, 1.807) is 49.4 Å². The number of nitrogens with one attached hydrogen (secondary N) is 1. The van der Waals surface area contributed by atoms with Crippen LogP contribution in [0.1, 0.15) is 35.7 Å². The fraction of sp³-hybridized carbons (Fsp3) is 0.292. The Morgan fingerprint density at radius 1 is 1.00 bits per heavy atom. The predicted molar refractivity (Wildman–Crippen MR) is 127 cm³/mol. The Labute approximate surface area is 197 Å². The smallest absolute Gasteiger partial charge is 0.338 e. The molecule has 2 rings (SSSR count). The van der Waals surface area contributed by atoms with Gasteiger partial charge in [0.05, 0.1) is 32.6 Å². The van der Waals surface area contributed by atoms with Crippen LogP contribution in [0.15, 0.2) is 42.0 Å². The summed E-state index contributed by atoms with van der Waals surface area (Å²) in [5, 5.41) is 11.6.